The van der Waals surface area contributed by atoms with Gasteiger partial charge in [0.1, 0.15) is 0 Å². The van der Waals surface area contributed by atoms with Crippen molar-refractivity contribution >= 4 is 6.03 Å². The van der Waals surface area contributed by atoms with Crippen LogP contribution >= 0.6 is 0 Å². The van der Waals surface area contributed by atoms with Crippen LogP contribution in [0.1, 0.15) is 38.8 Å². The van der Waals surface area contributed by atoms with Crippen molar-refractivity contribution in [3.63, 3.8) is 0 Å². The summed E-state index contributed by atoms with van der Waals surface area (Å²) < 4.78 is 0. The molecule has 0 spiro atoms. The second kappa shape index (κ2) is 9.51. The number of urea groups is 1. The molecule has 150 valence electrons. The molecule has 3 unspecified atom stereocenters. The van der Waals surface area contributed by atoms with E-state index in [0.717, 1.165) is 64.3 Å². The van der Waals surface area contributed by atoms with Crippen molar-refractivity contribution < 1.29 is 4.79 Å². The van der Waals surface area contributed by atoms with Crippen LogP contribution in [0.3, 0.4) is 0 Å². The van der Waals surface area contributed by atoms with Gasteiger partial charge in [-0.1, -0.05) is 26.8 Å². The third-order valence-corrected chi connectivity index (χ3v) is 5.92. The maximum Gasteiger partial charge on any atom is 0.317 e. The van der Waals surface area contributed by atoms with Gasteiger partial charge in [-0.2, -0.15) is 0 Å². The molecule has 1 aromatic rings. The fourth-order valence-corrected chi connectivity index (χ4v) is 4.32. The van der Waals surface area contributed by atoms with Crippen molar-refractivity contribution in [1.29, 1.82) is 0 Å². The number of hydrogen-bond acceptors (Lipinski definition) is 4. The first-order valence-electron chi connectivity index (χ1n) is 10.5. The summed E-state index contributed by atoms with van der Waals surface area (Å²) in [4.78, 5) is 24.1. The molecule has 0 radical (unpaired) electrons. The standard InChI is InChI=1S/C21H35N5O/c1-4-24-8-10-25(11-9-24)15-18(3)13-23-21(27)26-16-17(2)12-20(26)19-6-5-7-22-14-19/h5-7,14,17-18,20H,4,8-13,15-16H2,1-3H3,(H,23,27). The van der Waals surface area contributed by atoms with Gasteiger partial charge in [-0.05, 0) is 36.4 Å². The van der Waals surface area contributed by atoms with E-state index in [4.69, 9.17) is 0 Å². The van der Waals surface area contributed by atoms with Crippen molar-refractivity contribution in [2.24, 2.45) is 11.8 Å². The van der Waals surface area contributed by atoms with Crippen LogP contribution in [0, 0.1) is 11.8 Å². The van der Waals surface area contributed by atoms with Gasteiger partial charge in [0, 0.05) is 58.2 Å². The molecule has 2 fully saturated rings. The number of piperazine rings is 1. The Kier molecular flexibility index (Phi) is 7.07. The average Bonchev–Trinajstić information content (AvgIpc) is 3.09. The number of rotatable bonds is 6. The SMILES string of the molecule is CCN1CCN(CC(C)CNC(=O)N2CC(C)CC2c2cccnc2)CC1. The summed E-state index contributed by atoms with van der Waals surface area (Å²) in [5.41, 5.74) is 1.14. The van der Waals surface area contributed by atoms with Gasteiger partial charge >= 0.3 is 6.03 Å². The van der Waals surface area contributed by atoms with Crippen LogP contribution in [0.2, 0.25) is 0 Å². The van der Waals surface area contributed by atoms with E-state index in [0.29, 0.717) is 11.8 Å². The number of aromatic nitrogens is 1. The lowest BCUT2D eigenvalue weighted by molar-refractivity contribution is 0.123. The summed E-state index contributed by atoms with van der Waals surface area (Å²) in [5, 5.41) is 3.18. The molecule has 0 aliphatic carbocycles. The van der Waals surface area contributed by atoms with E-state index in [1.54, 1.807) is 6.20 Å². The Bertz CT molecular complexity index is 587. The third-order valence-electron chi connectivity index (χ3n) is 5.92. The summed E-state index contributed by atoms with van der Waals surface area (Å²) in [6.45, 7) is 15.0. The Morgan fingerprint density at radius 1 is 1.30 bits per heavy atom. The van der Waals surface area contributed by atoms with E-state index in [2.05, 4.69) is 46.9 Å². The summed E-state index contributed by atoms with van der Waals surface area (Å²) in [6.07, 6.45) is 4.69. The Balaban J connectivity index is 1.46. The summed E-state index contributed by atoms with van der Waals surface area (Å²) in [6, 6.07) is 4.24. The number of carbonyl (C=O) groups excluding carboxylic acids is 1. The predicted molar refractivity (Wildman–Crippen MR) is 109 cm³/mol. The summed E-state index contributed by atoms with van der Waals surface area (Å²) in [5.74, 6) is 0.979. The molecular formula is C21H35N5O. The Labute approximate surface area is 163 Å². The van der Waals surface area contributed by atoms with E-state index in [1.807, 2.05) is 17.2 Å². The highest BCUT2D eigenvalue weighted by molar-refractivity contribution is 5.75. The molecular weight excluding hydrogens is 338 g/mol. The lowest BCUT2D eigenvalue weighted by Gasteiger charge is -2.35. The maximum absolute atomic E-state index is 12.8. The average molecular weight is 374 g/mol. The molecule has 2 amide bonds. The lowest BCUT2D eigenvalue weighted by atomic mass is 10.0. The van der Waals surface area contributed by atoms with Crippen molar-refractivity contribution in [2.45, 2.75) is 33.2 Å². The number of nitrogens with zero attached hydrogens (tertiary/aromatic N) is 4. The molecule has 3 heterocycles. The fourth-order valence-electron chi connectivity index (χ4n) is 4.32. The minimum atomic E-state index is 0.0656. The van der Waals surface area contributed by atoms with Crippen LogP contribution in [0.25, 0.3) is 0 Å². The third kappa shape index (κ3) is 5.42. The minimum Gasteiger partial charge on any atom is -0.338 e. The molecule has 2 saturated heterocycles. The topological polar surface area (TPSA) is 51.7 Å². The molecule has 27 heavy (non-hydrogen) atoms. The molecule has 0 saturated carbocycles. The molecule has 0 aromatic carbocycles. The number of likely N-dealkylation sites (tertiary alicyclic amines) is 1. The summed E-state index contributed by atoms with van der Waals surface area (Å²) >= 11 is 0. The molecule has 3 atom stereocenters. The van der Waals surface area contributed by atoms with E-state index in [9.17, 15) is 4.79 Å². The molecule has 3 rings (SSSR count). The van der Waals surface area contributed by atoms with Gasteiger partial charge in [0.15, 0.2) is 0 Å². The Morgan fingerprint density at radius 2 is 2.04 bits per heavy atom. The number of pyridine rings is 1. The highest BCUT2D eigenvalue weighted by Crippen LogP contribution is 2.34. The monoisotopic (exact) mass is 373 g/mol. The number of carbonyl (C=O) groups is 1. The largest absolute Gasteiger partial charge is 0.338 e. The first kappa shape index (κ1) is 20.1. The Morgan fingerprint density at radius 3 is 2.70 bits per heavy atom. The molecule has 0 bridgehead atoms. The van der Waals surface area contributed by atoms with Gasteiger partial charge in [-0.3, -0.25) is 4.98 Å². The van der Waals surface area contributed by atoms with Crippen LogP contribution in [0.5, 0.6) is 0 Å². The van der Waals surface area contributed by atoms with Crippen molar-refractivity contribution in [3.05, 3.63) is 30.1 Å². The minimum absolute atomic E-state index is 0.0656. The van der Waals surface area contributed by atoms with Crippen LogP contribution in [-0.2, 0) is 0 Å². The maximum atomic E-state index is 12.8. The second-order valence-electron chi connectivity index (χ2n) is 8.32. The van der Waals surface area contributed by atoms with Gasteiger partial charge in [0.2, 0.25) is 0 Å². The zero-order chi connectivity index (χ0) is 19.2. The molecule has 1 N–H and O–H groups in total. The van der Waals surface area contributed by atoms with Crippen LogP contribution in [0.15, 0.2) is 24.5 Å². The van der Waals surface area contributed by atoms with E-state index in [1.165, 1.54) is 0 Å². The lowest BCUT2D eigenvalue weighted by Crippen LogP contribution is -2.48. The summed E-state index contributed by atoms with van der Waals surface area (Å²) in [7, 11) is 0. The number of nitrogens with one attached hydrogen (secondary N) is 1. The quantitative estimate of drug-likeness (QED) is 0.832. The molecule has 1 aromatic heterocycles. The van der Waals surface area contributed by atoms with Crippen LogP contribution < -0.4 is 5.32 Å². The molecule has 6 nitrogen and oxygen atoms in total. The van der Waals surface area contributed by atoms with Gasteiger partial charge in [-0.25, -0.2) is 4.79 Å². The molecule has 6 heteroatoms. The van der Waals surface area contributed by atoms with Gasteiger partial charge < -0.3 is 20.0 Å². The number of likely N-dealkylation sites (N-methyl/N-ethyl adjacent to an activating group) is 1. The normalized spacial score (nSPS) is 25.5. The first-order valence-corrected chi connectivity index (χ1v) is 10.5. The number of hydrogen-bond donors (Lipinski definition) is 1. The van der Waals surface area contributed by atoms with Crippen molar-refractivity contribution in [1.82, 2.24) is 25.0 Å². The van der Waals surface area contributed by atoms with Crippen molar-refractivity contribution in [2.75, 3.05) is 52.4 Å². The zero-order valence-electron chi connectivity index (χ0n) is 17.1. The first-order chi connectivity index (χ1) is 13.1. The van der Waals surface area contributed by atoms with Crippen LogP contribution in [-0.4, -0.2) is 78.1 Å². The van der Waals surface area contributed by atoms with Gasteiger partial charge in [0.05, 0.1) is 6.04 Å². The fraction of sp³-hybridized carbons (Fsp3) is 0.714. The Hall–Kier alpha value is -1.66. The van der Waals surface area contributed by atoms with E-state index in [-0.39, 0.29) is 12.1 Å². The van der Waals surface area contributed by atoms with E-state index < -0.39 is 0 Å². The van der Waals surface area contributed by atoms with E-state index >= 15 is 0 Å². The zero-order valence-corrected chi connectivity index (χ0v) is 17.1. The highest BCUT2D eigenvalue weighted by atomic mass is 16.2. The smallest absolute Gasteiger partial charge is 0.317 e. The molecule has 2 aliphatic heterocycles. The molecule has 2 aliphatic rings. The van der Waals surface area contributed by atoms with Gasteiger partial charge in [0.25, 0.3) is 0 Å². The van der Waals surface area contributed by atoms with Gasteiger partial charge in [-0.15, -0.1) is 0 Å². The van der Waals surface area contributed by atoms with Crippen molar-refractivity contribution in [3.8, 4) is 0 Å². The highest BCUT2D eigenvalue weighted by Gasteiger charge is 2.34. The van der Waals surface area contributed by atoms with Crippen LogP contribution in [0.4, 0.5) is 4.79 Å². The predicted octanol–water partition coefficient (Wildman–Crippen LogP) is 2.45. The second-order valence-corrected chi connectivity index (χ2v) is 8.32. The number of amides is 2.